The van der Waals surface area contributed by atoms with Crippen molar-refractivity contribution in [3.05, 3.63) is 23.8 Å². The van der Waals surface area contributed by atoms with Gasteiger partial charge in [0.1, 0.15) is 23.8 Å². The van der Waals surface area contributed by atoms with E-state index in [1.807, 2.05) is 11.4 Å². The average Bonchev–Trinajstić information content (AvgIpc) is 2.71. The van der Waals surface area contributed by atoms with Crippen molar-refractivity contribution in [1.29, 1.82) is 0 Å². The van der Waals surface area contributed by atoms with Gasteiger partial charge in [-0.3, -0.25) is 15.0 Å². The van der Waals surface area contributed by atoms with Crippen LogP contribution >= 0.6 is 0 Å². The molecule has 0 aromatic heterocycles. The molecule has 2 N–H and O–H groups in total. The minimum atomic E-state index is -4.54. The lowest BCUT2D eigenvalue weighted by Gasteiger charge is -2.27. The van der Waals surface area contributed by atoms with E-state index in [-0.39, 0.29) is 6.54 Å². The van der Waals surface area contributed by atoms with E-state index in [4.69, 9.17) is 14.2 Å². The second-order valence-electron chi connectivity index (χ2n) is 6.47. The zero-order valence-electron chi connectivity index (χ0n) is 16.9. The zero-order chi connectivity index (χ0) is 22.3. The number of nitrogens with one attached hydrogen (secondary N) is 2. The number of alkyl halides is 3. The number of nitrogens with zero attached hydrogens (tertiary/aromatic N) is 1. The van der Waals surface area contributed by atoms with Gasteiger partial charge in [-0.1, -0.05) is 6.08 Å². The number of imide groups is 1. The number of carbonyl (C=O) groups excluding carboxylic acids is 2. The van der Waals surface area contributed by atoms with Gasteiger partial charge in [-0.2, -0.15) is 13.2 Å². The zero-order valence-corrected chi connectivity index (χ0v) is 16.9. The van der Waals surface area contributed by atoms with Gasteiger partial charge in [0.2, 0.25) is 5.91 Å². The molecule has 1 heterocycles. The molecule has 0 unspecified atom stereocenters. The van der Waals surface area contributed by atoms with Crippen molar-refractivity contribution in [1.82, 2.24) is 15.5 Å². The number of hydrogen-bond acceptors (Lipinski definition) is 6. The van der Waals surface area contributed by atoms with E-state index in [0.29, 0.717) is 36.8 Å². The predicted octanol–water partition coefficient (Wildman–Crippen LogP) is 2.19. The molecule has 0 saturated carbocycles. The fourth-order valence-corrected chi connectivity index (χ4v) is 3.00. The van der Waals surface area contributed by atoms with Crippen molar-refractivity contribution in [2.45, 2.75) is 12.6 Å². The van der Waals surface area contributed by atoms with E-state index < -0.39 is 24.7 Å². The Morgan fingerprint density at radius 1 is 1.10 bits per heavy atom. The lowest BCUT2D eigenvalue weighted by atomic mass is 9.97. The quantitative estimate of drug-likeness (QED) is 0.688. The number of hydrogen-bond donors (Lipinski definition) is 2. The first kappa shape index (κ1) is 23.3. The number of carbonyl (C=O) groups is 2. The van der Waals surface area contributed by atoms with Crippen LogP contribution in [0.25, 0.3) is 5.57 Å². The standard InChI is InChI=1S/C19H24F3N3O5/c1-28-13-8-14(29-2)17(15(9-13)30-3)12-4-6-25(7-5-12)10-16(26)24-18(27)23-11-19(20,21)22/h4,8-9H,5-7,10-11H2,1-3H3,(H2,23,24,26,27). The Labute approximate surface area is 172 Å². The van der Waals surface area contributed by atoms with Crippen LogP contribution in [0.5, 0.6) is 17.2 Å². The number of methoxy groups -OCH3 is 3. The van der Waals surface area contributed by atoms with E-state index in [1.54, 1.807) is 43.7 Å². The van der Waals surface area contributed by atoms with Gasteiger partial charge in [-0.25, -0.2) is 4.79 Å². The molecule has 1 aromatic rings. The molecule has 0 bridgehead atoms. The number of urea groups is 1. The summed E-state index contributed by atoms with van der Waals surface area (Å²) in [6, 6.07) is 2.31. The molecule has 0 atom stereocenters. The van der Waals surface area contributed by atoms with Gasteiger partial charge in [0, 0.05) is 25.2 Å². The molecular weight excluding hydrogens is 407 g/mol. The highest BCUT2D eigenvalue weighted by molar-refractivity contribution is 5.95. The molecule has 30 heavy (non-hydrogen) atoms. The van der Waals surface area contributed by atoms with Crippen LogP contribution < -0.4 is 24.8 Å². The molecule has 3 amide bonds. The summed E-state index contributed by atoms with van der Waals surface area (Å²) in [5.74, 6) is 1.08. The molecule has 2 rings (SSSR count). The maximum absolute atomic E-state index is 12.1. The Morgan fingerprint density at radius 2 is 1.73 bits per heavy atom. The van der Waals surface area contributed by atoms with Gasteiger partial charge >= 0.3 is 12.2 Å². The second kappa shape index (κ2) is 10.2. The lowest BCUT2D eigenvalue weighted by Crippen LogP contribution is -2.47. The summed E-state index contributed by atoms with van der Waals surface area (Å²) in [5.41, 5.74) is 1.75. The van der Waals surface area contributed by atoms with Crippen molar-refractivity contribution < 1.29 is 37.0 Å². The van der Waals surface area contributed by atoms with Crippen LogP contribution in [0.4, 0.5) is 18.0 Å². The van der Waals surface area contributed by atoms with Crippen molar-refractivity contribution in [2.75, 3.05) is 47.5 Å². The molecular formula is C19H24F3N3O5. The summed E-state index contributed by atoms with van der Waals surface area (Å²) in [5, 5.41) is 3.48. The minimum absolute atomic E-state index is 0.125. The molecule has 1 aliphatic rings. The Morgan fingerprint density at radius 3 is 2.20 bits per heavy atom. The molecule has 0 radical (unpaired) electrons. The summed E-state index contributed by atoms with van der Waals surface area (Å²) >= 11 is 0. The molecule has 11 heteroatoms. The summed E-state index contributed by atoms with van der Waals surface area (Å²) in [6.45, 7) is -0.722. The van der Waals surface area contributed by atoms with E-state index in [2.05, 4.69) is 0 Å². The average molecular weight is 431 g/mol. The van der Waals surface area contributed by atoms with E-state index in [0.717, 1.165) is 11.1 Å². The summed E-state index contributed by atoms with van der Waals surface area (Å²) < 4.78 is 52.4. The van der Waals surface area contributed by atoms with Crippen molar-refractivity contribution >= 4 is 17.5 Å². The van der Waals surface area contributed by atoms with E-state index in [1.165, 1.54) is 0 Å². The number of rotatable bonds is 7. The van der Waals surface area contributed by atoms with Crippen LogP contribution in [0.3, 0.4) is 0 Å². The smallest absolute Gasteiger partial charge is 0.405 e. The van der Waals surface area contributed by atoms with Crippen LogP contribution in [-0.4, -0.2) is 70.5 Å². The van der Waals surface area contributed by atoms with Gasteiger partial charge < -0.3 is 19.5 Å². The van der Waals surface area contributed by atoms with Crippen LogP contribution in [0.15, 0.2) is 18.2 Å². The summed E-state index contributed by atoms with van der Waals surface area (Å²) in [6.07, 6.45) is -2.06. The van der Waals surface area contributed by atoms with Gasteiger partial charge in [0.15, 0.2) is 0 Å². The number of halogens is 3. The molecule has 0 spiro atoms. The first-order valence-electron chi connectivity index (χ1n) is 9.03. The first-order valence-corrected chi connectivity index (χ1v) is 9.03. The number of amides is 3. The fraction of sp³-hybridized carbons (Fsp3) is 0.474. The number of benzene rings is 1. The summed E-state index contributed by atoms with van der Waals surface area (Å²) in [4.78, 5) is 25.0. The fourth-order valence-electron chi connectivity index (χ4n) is 3.00. The molecule has 1 aliphatic heterocycles. The number of ether oxygens (including phenoxy) is 3. The third kappa shape index (κ3) is 6.55. The molecule has 1 aromatic carbocycles. The monoisotopic (exact) mass is 431 g/mol. The van der Waals surface area contributed by atoms with E-state index >= 15 is 0 Å². The van der Waals surface area contributed by atoms with Crippen molar-refractivity contribution in [2.24, 2.45) is 0 Å². The Bertz CT molecular complexity index is 786. The summed E-state index contributed by atoms with van der Waals surface area (Å²) in [7, 11) is 4.63. The van der Waals surface area contributed by atoms with Crippen molar-refractivity contribution in [3.63, 3.8) is 0 Å². The Balaban J connectivity index is 1.99. The van der Waals surface area contributed by atoms with Gasteiger partial charge in [-0.15, -0.1) is 0 Å². The van der Waals surface area contributed by atoms with Crippen molar-refractivity contribution in [3.8, 4) is 17.2 Å². The van der Waals surface area contributed by atoms with E-state index in [9.17, 15) is 22.8 Å². The molecule has 166 valence electrons. The highest BCUT2D eigenvalue weighted by Crippen LogP contribution is 2.40. The Hall–Kier alpha value is -2.95. The first-order chi connectivity index (χ1) is 14.2. The lowest BCUT2D eigenvalue weighted by molar-refractivity contribution is -0.125. The van der Waals surface area contributed by atoms with Gasteiger partial charge in [0.25, 0.3) is 0 Å². The second-order valence-corrected chi connectivity index (χ2v) is 6.47. The largest absolute Gasteiger partial charge is 0.496 e. The molecule has 0 saturated heterocycles. The molecule has 0 fully saturated rings. The normalized spacial score (nSPS) is 14.5. The highest BCUT2D eigenvalue weighted by atomic mass is 19.4. The van der Waals surface area contributed by atoms with Gasteiger partial charge in [0.05, 0.1) is 33.4 Å². The maximum atomic E-state index is 12.1. The third-order valence-corrected chi connectivity index (χ3v) is 4.40. The van der Waals surface area contributed by atoms with Gasteiger partial charge in [-0.05, 0) is 12.0 Å². The van der Waals surface area contributed by atoms with Crippen LogP contribution in [0, 0.1) is 0 Å². The third-order valence-electron chi connectivity index (χ3n) is 4.40. The topological polar surface area (TPSA) is 89.1 Å². The SMILES string of the molecule is COc1cc(OC)c(C2=CCN(CC(=O)NC(=O)NCC(F)(F)F)CC2)c(OC)c1. The Kier molecular flexibility index (Phi) is 7.93. The predicted molar refractivity (Wildman–Crippen MR) is 103 cm³/mol. The molecule has 8 nitrogen and oxygen atoms in total. The minimum Gasteiger partial charge on any atom is -0.496 e. The molecule has 0 aliphatic carbocycles. The maximum Gasteiger partial charge on any atom is 0.405 e. The highest BCUT2D eigenvalue weighted by Gasteiger charge is 2.28. The van der Waals surface area contributed by atoms with Crippen LogP contribution in [0.1, 0.15) is 12.0 Å². The van der Waals surface area contributed by atoms with Crippen LogP contribution in [0.2, 0.25) is 0 Å². The van der Waals surface area contributed by atoms with Crippen LogP contribution in [-0.2, 0) is 4.79 Å².